The van der Waals surface area contributed by atoms with Gasteiger partial charge in [0.1, 0.15) is 5.75 Å². The van der Waals surface area contributed by atoms with Gasteiger partial charge in [-0.15, -0.1) is 0 Å². The van der Waals surface area contributed by atoms with Gasteiger partial charge in [0.15, 0.2) is 12.4 Å². The Hall–Kier alpha value is -3.40. The molecule has 4 rings (SSSR count). The Bertz CT molecular complexity index is 1250. The van der Waals surface area contributed by atoms with Crippen molar-refractivity contribution in [3.05, 3.63) is 59.2 Å². The van der Waals surface area contributed by atoms with E-state index in [0.29, 0.717) is 35.3 Å². The highest BCUT2D eigenvalue weighted by molar-refractivity contribution is 7.92. The molecule has 0 atom stereocenters. The molecule has 1 N–H and O–H groups in total. The van der Waals surface area contributed by atoms with Crippen molar-refractivity contribution in [3.63, 3.8) is 0 Å². The molecule has 1 amide bonds. The average molecular weight is 442 g/mol. The van der Waals surface area contributed by atoms with Crippen molar-refractivity contribution >= 4 is 27.3 Å². The molecule has 3 aromatic rings. The van der Waals surface area contributed by atoms with Crippen LogP contribution in [0.15, 0.2) is 45.8 Å². The number of carbonyl (C=O) groups is 1. The van der Waals surface area contributed by atoms with Crippen molar-refractivity contribution in [1.29, 1.82) is 0 Å². The van der Waals surface area contributed by atoms with Gasteiger partial charge in [-0.25, -0.2) is 8.42 Å². The zero-order valence-electron chi connectivity index (χ0n) is 17.4. The maximum atomic E-state index is 13.0. The number of hydrogen-bond donors (Lipinski definition) is 1. The normalized spacial score (nSPS) is 13.6. The molecule has 0 spiro atoms. The van der Waals surface area contributed by atoms with E-state index in [1.165, 1.54) is 17.0 Å². The molecule has 10 heteroatoms. The van der Waals surface area contributed by atoms with Gasteiger partial charge >= 0.3 is 0 Å². The molecule has 0 saturated heterocycles. The topological polar surface area (TPSA) is 115 Å². The fourth-order valence-electron chi connectivity index (χ4n) is 3.21. The Kier molecular flexibility index (Phi) is 5.40. The highest BCUT2D eigenvalue weighted by Crippen LogP contribution is 2.35. The number of aryl methyl sites for hydroxylation is 3. The van der Waals surface area contributed by atoms with Gasteiger partial charge in [0.2, 0.25) is 5.89 Å². The van der Waals surface area contributed by atoms with Gasteiger partial charge in [-0.1, -0.05) is 24.2 Å². The summed E-state index contributed by atoms with van der Waals surface area (Å²) in [7, 11) is -3.89. The van der Waals surface area contributed by atoms with Crippen molar-refractivity contribution in [2.24, 2.45) is 0 Å². The molecule has 0 aliphatic carbocycles. The molecule has 31 heavy (non-hydrogen) atoms. The predicted octanol–water partition coefficient (Wildman–Crippen LogP) is 2.98. The lowest BCUT2D eigenvalue weighted by Gasteiger charge is -2.28. The third-order valence-electron chi connectivity index (χ3n) is 4.93. The van der Waals surface area contributed by atoms with Crippen molar-refractivity contribution in [1.82, 2.24) is 10.1 Å². The number of rotatable bonds is 6. The number of sulfonamides is 1. The molecule has 0 fully saturated rings. The second-order valence-corrected chi connectivity index (χ2v) is 8.96. The summed E-state index contributed by atoms with van der Waals surface area (Å²) < 4.78 is 39.3. The summed E-state index contributed by atoms with van der Waals surface area (Å²) in [6.45, 7) is 5.49. The van der Waals surface area contributed by atoms with Gasteiger partial charge in [-0.2, -0.15) is 4.98 Å². The van der Waals surface area contributed by atoms with Crippen LogP contribution in [0.25, 0.3) is 0 Å². The molecule has 162 valence electrons. The highest BCUT2D eigenvalue weighted by Gasteiger charge is 2.29. The van der Waals surface area contributed by atoms with Crippen LogP contribution in [0.3, 0.4) is 0 Å². The maximum Gasteiger partial charge on any atom is 0.265 e. The van der Waals surface area contributed by atoms with E-state index >= 15 is 0 Å². The number of fused-ring (bicyclic) bond motifs is 1. The third kappa shape index (κ3) is 4.24. The Balaban J connectivity index is 1.67. The van der Waals surface area contributed by atoms with Crippen LogP contribution in [0.2, 0.25) is 0 Å². The third-order valence-corrected chi connectivity index (χ3v) is 6.30. The van der Waals surface area contributed by atoms with Crippen LogP contribution in [-0.2, 0) is 27.8 Å². The van der Waals surface area contributed by atoms with Gasteiger partial charge in [-0.05, 0) is 49.2 Å². The minimum atomic E-state index is -3.89. The van der Waals surface area contributed by atoms with Crippen LogP contribution >= 0.6 is 0 Å². The Labute approximate surface area is 180 Å². The fraction of sp³-hybridized carbons (Fsp3) is 0.286. The lowest BCUT2D eigenvalue weighted by Crippen LogP contribution is -2.38. The Morgan fingerprint density at radius 1 is 1.16 bits per heavy atom. The maximum absolute atomic E-state index is 13.0. The van der Waals surface area contributed by atoms with Crippen LogP contribution in [0, 0.1) is 13.8 Å². The van der Waals surface area contributed by atoms with E-state index in [-0.39, 0.29) is 24.0 Å². The van der Waals surface area contributed by atoms with Gasteiger partial charge in [-0.3, -0.25) is 14.4 Å². The first kappa shape index (κ1) is 20.9. The van der Waals surface area contributed by atoms with Gasteiger partial charge < -0.3 is 9.26 Å². The number of anilines is 2. The first-order valence-corrected chi connectivity index (χ1v) is 11.2. The second kappa shape index (κ2) is 8.03. The first-order chi connectivity index (χ1) is 14.8. The van der Waals surface area contributed by atoms with Crippen LogP contribution in [0.1, 0.15) is 29.8 Å². The molecule has 0 bridgehead atoms. The molecule has 2 heterocycles. The van der Waals surface area contributed by atoms with E-state index in [2.05, 4.69) is 14.9 Å². The van der Waals surface area contributed by atoms with Crippen LogP contribution in [-0.4, -0.2) is 31.1 Å². The molecule has 1 aromatic heterocycles. The summed E-state index contributed by atoms with van der Waals surface area (Å²) in [5, 5.41) is 3.88. The van der Waals surface area contributed by atoms with E-state index in [4.69, 9.17) is 9.26 Å². The fourth-order valence-corrected chi connectivity index (χ4v) is 4.35. The van der Waals surface area contributed by atoms with Crippen molar-refractivity contribution in [3.8, 4) is 5.75 Å². The largest absolute Gasteiger partial charge is 0.482 e. The standard InChI is InChI=1S/C21H22N4O5S/c1-4-20-22-19(23-30-20)11-25-17-10-15(7-8-18(17)29-12-21(25)26)31(27,28)24-16-9-13(2)5-6-14(16)3/h5-10,24H,4,11-12H2,1-3H3. The molecular formula is C21H22N4O5S. The van der Waals surface area contributed by atoms with Gasteiger partial charge in [0.25, 0.3) is 15.9 Å². The zero-order chi connectivity index (χ0) is 22.2. The predicted molar refractivity (Wildman–Crippen MR) is 114 cm³/mol. The van der Waals surface area contributed by atoms with Crippen LogP contribution < -0.4 is 14.4 Å². The molecule has 9 nitrogen and oxygen atoms in total. The van der Waals surface area contributed by atoms with E-state index in [0.717, 1.165) is 11.1 Å². The molecule has 2 aromatic carbocycles. The second-order valence-electron chi connectivity index (χ2n) is 7.28. The number of ether oxygens (including phenoxy) is 1. The molecule has 1 aliphatic heterocycles. The SMILES string of the molecule is CCc1nc(CN2C(=O)COc3ccc(S(=O)(=O)Nc4cc(C)ccc4C)cc32)no1. The van der Waals surface area contributed by atoms with Gasteiger partial charge in [0.05, 0.1) is 22.8 Å². The van der Waals surface area contributed by atoms with E-state index in [1.807, 2.05) is 32.9 Å². The molecule has 1 aliphatic rings. The van der Waals surface area contributed by atoms with E-state index in [9.17, 15) is 13.2 Å². The Morgan fingerprint density at radius 2 is 1.97 bits per heavy atom. The lowest BCUT2D eigenvalue weighted by molar-refractivity contribution is -0.121. The smallest absolute Gasteiger partial charge is 0.265 e. The summed E-state index contributed by atoms with van der Waals surface area (Å²) in [5.41, 5.74) is 2.57. The molecule has 0 unspecified atom stereocenters. The number of amides is 1. The average Bonchev–Trinajstić information content (AvgIpc) is 3.20. The number of nitrogens with zero attached hydrogens (tertiary/aromatic N) is 3. The Morgan fingerprint density at radius 3 is 2.71 bits per heavy atom. The zero-order valence-corrected chi connectivity index (χ0v) is 18.2. The van der Waals surface area contributed by atoms with E-state index in [1.54, 1.807) is 12.1 Å². The highest BCUT2D eigenvalue weighted by atomic mass is 32.2. The van der Waals surface area contributed by atoms with E-state index < -0.39 is 10.0 Å². The van der Waals surface area contributed by atoms with Gasteiger partial charge in [0, 0.05) is 6.42 Å². The molecule has 0 saturated carbocycles. The summed E-state index contributed by atoms with van der Waals surface area (Å²) >= 11 is 0. The number of hydrogen-bond acceptors (Lipinski definition) is 7. The monoisotopic (exact) mass is 442 g/mol. The number of benzene rings is 2. The molecular weight excluding hydrogens is 420 g/mol. The van der Waals surface area contributed by atoms with Crippen molar-refractivity contribution < 1.29 is 22.5 Å². The van der Waals surface area contributed by atoms with Crippen LogP contribution in [0.5, 0.6) is 5.75 Å². The summed E-state index contributed by atoms with van der Waals surface area (Å²) in [6, 6.07) is 9.94. The summed E-state index contributed by atoms with van der Waals surface area (Å²) in [5.74, 6) is 0.877. The minimum absolute atomic E-state index is 0.0119. The number of aromatic nitrogens is 2. The summed E-state index contributed by atoms with van der Waals surface area (Å²) in [6.07, 6.45) is 0.576. The number of carbonyl (C=O) groups excluding carboxylic acids is 1. The number of nitrogens with one attached hydrogen (secondary N) is 1. The molecule has 0 radical (unpaired) electrons. The first-order valence-electron chi connectivity index (χ1n) is 9.75. The quantitative estimate of drug-likeness (QED) is 0.624. The van der Waals surface area contributed by atoms with Crippen molar-refractivity contribution in [2.45, 2.75) is 38.6 Å². The summed E-state index contributed by atoms with van der Waals surface area (Å²) in [4.78, 5) is 18.2. The lowest BCUT2D eigenvalue weighted by atomic mass is 10.1. The minimum Gasteiger partial charge on any atom is -0.482 e. The van der Waals surface area contributed by atoms with Crippen molar-refractivity contribution in [2.75, 3.05) is 16.2 Å². The van der Waals surface area contributed by atoms with Crippen LogP contribution in [0.4, 0.5) is 11.4 Å².